The molecule has 1 rings (SSSR count). The molecule has 0 heterocycles. The second-order valence-electron chi connectivity index (χ2n) is 3.40. The third-order valence-electron chi connectivity index (χ3n) is 1.97. The highest BCUT2D eigenvalue weighted by Gasteiger charge is 2.07. The topological polar surface area (TPSA) is 108 Å². The number of carbonyl (C=O) groups is 3. The fraction of sp³-hybridized carbons (Fsp3) is 0.182. The maximum atomic E-state index is 11.2. The molecule has 0 atom stereocenters. The van der Waals surface area contributed by atoms with Crippen molar-refractivity contribution in [3.05, 3.63) is 24.3 Å². The Morgan fingerprint density at radius 3 is 2.00 bits per heavy atom. The molecule has 7 heteroatoms. The fourth-order valence-electron chi connectivity index (χ4n) is 1.17. The maximum absolute atomic E-state index is 11.2. The summed E-state index contributed by atoms with van der Waals surface area (Å²) < 4.78 is 0. The lowest BCUT2D eigenvalue weighted by Crippen LogP contribution is -2.24. The van der Waals surface area contributed by atoms with Crippen molar-refractivity contribution in [3.8, 4) is 0 Å². The second-order valence-corrected chi connectivity index (χ2v) is 3.40. The van der Waals surface area contributed by atoms with Crippen LogP contribution in [0.25, 0.3) is 0 Å². The van der Waals surface area contributed by atoms with E-state index < -0.39 is 18.3 Å². The van der Waals surface area contributed by atoms with Crippen molar-refractivity contribution in [1.29, 1.82) is 0 Å². The lowest BCUT2D eigenvalue weighted by Gasteiger charge is -2.06. The maximum Gasteiger partial charge on any atom is 0.318 e. The summed E-state index contributed by atoms with van der Waals surface area (Å²) in [6.07, 6.45) is -0.585. The fourth-order valence-corrected chi connectivity index (χ4v) is 1.17. The predicted octanol–water partition coefficient (Wildman–Crippen LogP) is 0.851. The van der Waals surface area contributed by atoms with E-state index in [0.29, 0.717) is 11.4 Å². The molecule has 1 aromatic carbocycles. The summed E-state index contributed by atoms with van der Waals surface area (Å²) in [5.41, 5.74) is 1.02. The zero-order chi connectivity index (χ0) is 13.5. The van der Waals surface area contributed by atoms with Gasteiger partial charge in [0.2, 0.25) is 5.91 Å². The summed E-state index contributed by atoms with van der Waals surface area (Å²) in [6.45, 7) is 0. The molecule has 0 fully saturated rings. The number of anilines is 2. The molecule has 0 radical (unpaired) electrons. The predicted molar refractivity (Wildman–Crippen MR) is 65.4 cm³/mol. The number of carboxylic acid groups (broad SMARTS) is 1. The van der Waals surface area contributed by atoms with Gasteiger partial charge in [0.25, 0.3) is 0 Å². The molecular weight excluding hydrogens is 238 g/mol. The smallest absolute Gasteiger partial charge is 0.318 e. The molecule has 1 aromatic rings. The van der Waals surface area contributed by atoms with Gasteiger partial charge in [-0.05, 0) is 24.3 Å². The number of carbonyl (C=O) groups excluding carboxylic acids is 2. The number of rotatable bonds is 4. The second kappa shape index (κ2) is 6.24. The standard InChI is InChI=1S/C11H13N3O4/c1-12-11(18)14-8-4-2-7(3-5-8)13-9(15)6-10(16)17/h2-5H,6H2,1H3,(H,13,15)(H,16,17)(H2,12,14,18). The molecule has 0 saturated carbocycles. The minimum absolute atomic E-state index is 0.349. The third-order valence-corrected chi connectivity index (χ3v) is 1.97. The van der Waals surface area contributed by atoms with Crippen LogP contribution >= 0.6 is 0 Å². The van der Waals surface area contributed by atoms with Crippen LogP contribution in [0.1, 0.15) is 6.42 Å². The Bertz CT molecular complexity index is 456. The van der Waals surface area contributed by atoms with Crippen LogP contribution in [0.15, 0.2) is 24.3 Å². The third kappa shape index (κ3) is 4.52. The van der Waals surface area contributed by atoms with E-state index in [1.807, 2.05) is 0 Å². The average Bonchev–Trinajstić information content (AvgIpc) is 2.30. The lowest BCUT2D eigenvalue weighted by atomic mass is 10.2. The minimum atomic E-state index is -1.19. The summed E-state index contributed by atoms with van der Waals surface area (Å²) in [7, 11) is 1.50. The highest BCUT2D eigenvalue weighted by Crippen LogP contribution is 2.13. The van der Waals surface area contributed by atoms with E-state index in [1.165, 1.54) is 7.05 Å². The van der Waals surface area contributed by atoms with Crippen LogP contribution in [0, 0.1) is 0 Å². The van der Waals surface area contributed by atoms with Crippen molar-refractivity contribution in [3.63, 3.8) is 0 Å². The SMILES string of the molecule is CNC(=O)Nc1ccc(NC(=O)CC(=O)O)cc1. The summed E-state index contributed by atoms with van der Waals surface area (Å²) in [5.74, 6) is -1.79. The molecule has 3 amide bonds. The van der Waals surface area contributed by atoms with Crippen molar-refractivity contribution >= 4 is 29.3 Å². The normalized spacial score (nSPS) is 9.39. The molecule has 0 spiro atoms. The summed E-state index contributed by atoms with van der Waals surface area (Å²) in [4.78, 5) is 32.5. The Morgan fingerprint density at radius 1 is 1.06 bits per heavy atom. The molecule has 96 valence electrons. The van der Waals surface area contributed by atoms with Crippen molar-refractivity contribution < 1.29 is 19.5 Å². The van der Waals surface area contributed by atoms with E-state index in [-0.39, 0.29) is 6.03 Å². The first-order chi connectivity index (χ1) is 8.51. The molecule has 0 bridgehead atoms. The first-order valence-corrected chi connectivity index (χ1v) is 5.11. The van der Waals surface area contributed by atoms with Crippen LogP contribution in [0.4, 0.5) is 16.2 Å². The van der Waals surface area contributed by atoms with Crippen LogP contribution in [0.3, 0.4) is 0 Å². The van der Waals surface area contributed by atoms with Crippen LogP contribution in [-0.2, 0) is 9.59 Å². The molecule has 0 saturated heterocycles. The Hall–Kier alpha value is -2.57. The van der Waals surface area contributed by atoms with E-state index >= 15 is 0 Å². The van der Waals surface area contributed by atoms with Gasteiger partial charge in [-0.15, -0.1) is 0 Å². The largest absolute Gasteiger partial charge is 0.481 e. The van der Waals surface area contributed by atoms with E-state index in [9.17, 15) is 14.4 Å². The van der Waals surface area contributed by atoms with Crippen LogP contribution < -0.4 is 16.0 Å². The minimum Gasteiger partial charge on any atom is -0.481 e. The molecule has 0 aliphatic heterocycles. The van der Waals surface area contributed by atoms with Crippen molar-refractivity contribution in [2.45, 2.75) is 6.42 Å². The van der Waals surface area contributed by atoms with Crippen LogP contribution in [0.5, 0.6) is 0 Å². The first-order valence-electron chi connectivity index (χ1n) is 5.11. The van der Waals surface area contributed by atoms with Gasteiger partial charge in [0.05, 0.1) is 0 Å². The summed E-state index contributed by atoms with van der Waals surface area (Å²) in [6, 6.07) is 5.95. The number of hydrogen-bond donors (Lipinski definition) is 4. The molecule has 0 aliphatic carbocycles. The zero-order valence-corrected chi connectivity index (χ0v) is 9.69. The number of amides is 3. The number of hydrogen-bond acceptors (Lipinski definition) is 3. The number of benzene rings is 1. The first kappa shape index (κ1) is 13.5. The highest BCUT2D eigenvalue weighted by atomic mass is 16.4. The van der Waals surface area contributed by atoms with Crippen LogP contribution in [0.2, 0.25) is 0 Å². The molecule has 0 unspecified atom stereocenters. The zero-order valence-electron chi connectivity index (χ0n) is 9.69. The van der Waals surface area contributed by atoms with Gasteiger partial charge in [-0.2, -0.15) is 0 Å². The van der Waals surface area contributed by atoms with Gasteiger partial charge in [-0.1, -0.05) is 0 Å². The Kier molecular flexibility index (Phi) is 4.67. The van der Waals surface area contributed by atoms with Gasteiger partial charge in [0, 0.05) is 18.4 Å². The molecule has 4 N–H and O–H groups in total. The Labute approximate surface area is 103 Å². The molecular formula is C11H13N3O4. The average molecular weight is 251 g/mol. The quantitative estimate of drug-likeness (QED) is 0.595. The summed E-state index contributed by atoms with van der Waals surface area (Å²) >= 11 is 0. The van der Waals surface area contributed by atoms with E-state index in [2.05, 4.69) is 16.0 Å². The Morgan fingerprint density at radius 2 is 1.56 bits per heavy atom. The number of nitrogens with one attached hydrogen (secondary N) is 3. The van der Waals surface area contributed by atoms with Gasteiger partial charge in [-0.3, -0.25) is 9.59 Å². The molecule has 7 nitrogen and oxygen atoms in total. The van der Waals surface area contributed by atoms with Gasteiger partial charge >= 0.3 is 12.0 Å². The van der Waals surface area contributed by atoms with Gasteiger partial charge in [-0.25, -0.2) is 4.79 Å². The van der Waals surface area contributed by atoms with Gasteiger partial charge < -0.3 is 21.1 Å². The van der Waals surface area contributed by atoms with Gasteiger partial charge in [0.1, 0.15) is 6.42 Å². The monoisotopic (exact) mass is 251 g/mol. The molecule has 0 aromatic heterocycles. The van der Waals surface area contributed by atoms with Crippen molar-refractivity contribution in [2.75, 3.05) is 17.7 Å². The summed E-state index contributed by atoms with van der Waals surface area (Å²) in [5, 5.41) is 15.8. The van der Waals surface area contributed by atoms with E-state index in [0.717, 1.165) is 0 Å². The Balaban J connectivity index is 2.57. The molecule has 18 heavy (non-hydrogen) atoms. The number of carboxylic acids is 1. The van der Waals surface area contributed by atoms with Crippen molar-refractivity contribution in [1.82, 2.24) is 5.32 Å². The lowest BCUT2D eigenvalue weighted by molar-refractivity contribution is -0.139. The number of urea groups is 1. The van der Waals surface area contributed by atoms with E-state index in [4.69, 9.17) is 5.11 Å². The van der Waals surface area contributed by atoms with Crippen molar-refractivity contribution in [2.24, 2.45) is 0 Å². The molecule has 0 aliphatic rings. The van der Waals surface area contributed by atoms with Gasteiger partial charge in [0.15, 0.2) is 0 Å². The van der Waals surface area contributed by atoms with E-state index in [1.54, 1.807) is 24.3 Å². The number of aliphatic carboxylic acids is 1. The highest BCUT2D eigenvalue weighted by molar-refractivity contribution is 6.01. The van der Waals surface area contributed by atoms with Crippen LogP contribution in [-0.4, -0.2) is 30.1 Å².